The number of carbonyl (C=O) groups excluding carboxylic acids is 1. The average Bonchev–Trinajstić information content (AvgIpc) is 2.02. The lowest BCUT2D eigenvalue weighted by Gasteiger charge is -2.11. The molecule has 0 radical (unpaired) electrons. The molecular formula is C7H12ClNO6. The van der Waals surface area contributed by atoms with Crippen molar-refractivity contribution in [1.29, 1.82) is 0 Å². The van der Waals surface area contributed by atoms with E-state index >= 15 is 0 Å². The molecule has 0 aliphatic carbocycles. The molecule has 0 saturated carbocycles. The van der Waals surface area contributed by atoms with E-state index in [0.29, 0.717) is 0 Å². The van der Waals surface area contributed by atoms with Gasteiger partial charge < -0.3 is 20.3 Å². The van der Waals surface area contributed by atoms with Gasteiger partial charge in [-0.25, -0.2) is 9.59 Å². The van der Waals surface area contributed by atoms with Crippen LogP contribution >= 0.6 is 12.4 Å². The van der Waals surface area contributed by atoms with Crippen molar-refractivity contribution in [2.45, 2.75) is 19.4 Å². The first kappa shape index (κ1) is 15.9. The van der Waals surface area contributed by atoms with Crippen molar-refractivity contribution in [3.8, 4) is 0 Å². The number of rotatable bonds is 5. The second-order valence-corrected chi connectivity index (χ2v) is 2.35. The standard InChI is InChI=1S/C7H11NO6.ClH/c1-2-14-7(13)8-4(6(11)12)3-5(9)10;/h4H,2-3H2,1H3,(H,8,13)(H,9,10)(H,11,12);1H/t4-;/m0./s1. The van der Waals surface area contributed by atoms with Crippen LogP contribution in [0.25, 0.3) is 0 Å². The van der Waals surface area contributed by atoms with E-state index in [1.165, 1.54) is 0 Å². The van der Waals surface area contributed by atoms with Crippen LogP contribution in [-0.2, 0) is 14.3 Å². The molecule has 8 heteroatoms. The van der Waals surface area contributed by atoms with Crippen LogP contribution in [0.15, 0.2) is 0 Å². The minimum atomic E-state index is -1.47. The van der Waals surface area contributed by atoms with Crippen molar-refractivity contribution in [1.82, 2.24) is 5.32 Å². The van der Waals surface area contributed by atoms with E-state index in [1.807, 2.05) is 5.32 Å². The van der Waals surface area contributed by atoms with Gasteiger partial charge in [-0.3, -0.25) is 4.79 Å². The van der Waals surface area contributed by atoms with E-state index < -0.39 is 30.5 Å². The third kappa shape index (κ3) is 7.56. The minimum Gasteiger partial charge on any atom is -0.481 e. The highest BCUT2D eigenvalue weighted by molar-refractivity contribution is 5.85. The van der Waals surface area contributed by atoms with Crippen LogP contribution in [0.1, 0.15) is 13.3 Å². The van der Waals surface area contributed by atoms with Crippen molar-refractivity contribution in [3.63, 3.8) is 0 Å². The Morgan fingerprint density at radius 3 is 2.20 bits per heavy atom. The second kappa shape index (κ2) is 7.86. The maximum Gasteiger partial charge on any atom is 0.407 e. The summed E-state index contributed by atoms with van der Waals surface area (Å²) in [5, 5.41) is 18.7. The van der Waals surface area contributed by atoms with Gasteiger partial charge in [-0.1, -0.05) is 0 Å². The normalized spacial score (nSPS) is 10.7. The molecular weight excluding hydrogens is 230 g/mol. The summed E-state index contributed by atoms with van der Waals surface area (Å²) in [6.45, 7) is 1.64. The molecule has 7 nitrogen and oxygen atoms in total. The van der Waals surface area contributed by atoms with Crippen LogP contribution in [0.4, 0.5) is 4.79 Å². The molecule has 88 valence electrons. The Morgan fingerprint density at radius 2 is 1.87 bits per heavy atom. The van der Waals surface area contributed by atoms with E-state index in [9.17, 15) is 14.4 Å². The molecule has 0 heterocycles. The second-order valence-electron chi connectivity index (χ2n) is 2.35. The summed E-state index contributed by atoms with van der Waals surface area (Å²) in [6.07, 6.45) is -1.63. The summed E-state index contributed by atoms with van der Waals surface area (Å²) < 4.78 is 4.40. The summed E-state index contributed by atoms with van der Waals surface area (Å²) in [7, 11) is 0. The molecule has 0 aromatic rings. The number of halogens is 1. The Balaban J connectivity index is 0. The summed E-state index contributed by atoms with van der Waals surface area (Å²) >= 11 is 0. The smallest absolute Gasteiger partial charge is 0.407 e. The highest BCUT2D eigenvalue weighted by atomic mass is 35.5. The van der Waals surface area contributed by atoms with Gasteiger partial charge in [0.2, 0.25) is 0 Å². The fraction of sp³-hybridized carbons (Fsp3) is 0.571. The lowest BCUT2D eigenvalue weighted by molar-refractivity contribution is -0.145. The Kier molecular flexibility index (Phi) is 8.36. The maximum absolute atomic E-state index is 10.7. The summed E-state index contributed by atoms with van der Waals surface area (Å²) in [5.74, 6) is -2.73. The maximum atomic E-state index is 10.7. The van der Waals surface area contributed by atoms with Crippen LogP contribution in [0, 0.1) is 0 Å². The summed E-state index contributed by atoms with van der Waals surface area (Å²) in [5.41, 5.74) is 0. The zero-order valence-electron chi connectivity index (χ0n) is 7.93. The van der Waals surface area contributed by atoms with Crippen molar-refractivity contribution in [2.24, 2.45) is 0 Å². The Labute approximate surface area is 91.8 Å². The number of alkyl carbamates (subject to hydrolysis) is 1. The van der Waals surface area contributed by atoms with E-state index in [0.717, 1.165) is 0 Å². The topological polar surface area (TPSA) is 113 Å². The SMILES string of the molecule is CCOC(=O)N[C@@H](CC(=O)O)C(=O)O.Cl. The molecule has 0 aromatic heterocycles. The predicted molar refractivity (Wildman–Crippen MR) is 51.1 cm³/mol. The number of hydrogen-bond acceptors (Lipinski definition) is 4. The molecule has 0 saturated heterocycles. The molecule has 0 aliphatic heterocycles. The van der Waals surface area contributed by atoms with Crippen LogP contribution in [0.5, 0.6) is 0 Å². The largest absolute Gasteiger partial charge is 0.481 e. The minimum absolute atomic E-state index is 0. The zero-order chi connectivity index (χ0) is 11.1. The first-order valence-electron chi connectivity index (χ1n) is 3.85. The predicted octanol–water partition coefficient (Wildman–Crippen LogP) is 0.0822. The number of carboxylic acids is 2. The highest BCUT2D eigenvalue weighted by Gasteiger charge is 2.23. The first-order chi connectivity index (χ1) is 6.47. The first-order valence-corrected chi connectivity index (χ1v) is 3.85. The third-order valence-electron chi connectivity index (χ3n) is 1.24. The van der Waals surface area contributed by atoms with Gasteiger partial charge in [-0.05, 0) is 6.92 Å². The van der Waals surface area contributed by atoms with E-state index in [1.54, 1.807) is 6.92 Å². The van der Waals surface area contributed by atoms with Crippen LogP contribution in [0.2, 0.25) is 0 Å². The molecule has 1 amide bonds. The van der Waals surface area contributed by atoms with Gasteiger partial charge >= 0.3 is 18.0 Å². The quantitative estimate of drug-likeness (QED) is 0.628. The van der Waals surface area contributed by atoms with Gasteiger partial charge in [-0.2, -0.15) is 0 Å². The molecule has 0 fully saturated rings. The van der Waals surface area contributed by atoms with Gasteiger partial charge in [0.25, 0.3) is 0 Å². The van der Waals surface area contributed by atoms with Crippen molar-refractivity contribution in [2.75, 3.05) is 6.61 Å². The van der Waals surface area contributed by atoms with E-state index in [4.69, 9.17) is 10.2 Å². The van der Waals surface area contributed by atoms with E-state index in [-0.39, 0.29) is 19.0 Å². The molecule has 0 aromatic carbocycles. The van der Waals surface area contributed by atoms with Crippen molar-refractivity contribution < 1.29 is 29.3 Å². The number of carbonyl (C=O) groups is 3. The highest BCUT2D eigenvalue weighted by Crippen LogP contribution is 1.93. The number of aliphatic carboxylic acids is 2. The van der Waals surface area contributed by atoms with E-state index in [2.05, 4.69) is 4.74 Å². The van der Waals surface area contributed by atoms with Gasteiger partial charge in [-0.15, -0.1) is 12.4 Å². The number of ether oxygens (including phenoxy) is 1. The molecule has 15 heavy (non-hydrogen) atoms. The monoisotopic (exact) mass is 241 g/mol. The van der Waals surface area contributed by atoms with Crippen molar-refractivity contribution in [3.05, 3.63) is 0 Å². The van der Waals surface area contributed by atoms with Gasteiger partial charge in [0.1, 0.15) is 6.04 Å². The Hall–Kier alpha value is -1.50. The zero-order valence-corrected chi connectivity index (χ0v) is 8.74. The molecule has 0 rings (SSSR count). The molecule has 0 unspecified atom stereocenters. The summed E-state index contributed by atoms with van der Waals surface area (Å²) in [6, 6.07) is -1.47. The van der Waals surface area contributed by atoms with Crippen LogP contribution in [-0.4, -0.2) is 40.9 Å². The molecule has 0 spiro atoms. The van der Waals surface area contributed by atoms with Crippen LogP contribution in [0.3, 0.4) is 0 Å². The molecule has 1 atom stereocenters. The van der Waals surface area contributed by atoms with Crippen molar-refractivity contribution >= 4 is 30.4 Å². The fourth-order valence-electron chi connectivity index (χ4n) is 0.690. The van der Waals surface area contributed by atoms with Gasteiger partial charge in [0, 0.05) is 0 Å². The number of nitrogens with one attached hydrogen (secondary N) is 1. The number of hydrogen-bond donors (Lipinski definition) is 3. The Morgan fingerprint density at radius 1 is 1.33 bits per heavy atom. The molecule has 0 aliphatic rings. The Bertz CT molecular complexity index is 244. The lowest BCUT2D eigenvalue weighted by Crippen LogP contribution is -2.42. The van der Waals surface area contributed by atoms with Crippen LogP contribution < -0.4 is 5.32 Å². The summed E-state index contributed by atoms with van der Waals surface area (Å²) in [4.78, 5) is 31.4. The average molecular weight is 242 g/mol. The fourth-order valence-corrected chi connectivity index (χ4v) is 0.690. The molecule has 3 N–H and O–H groups in total. The lowest BCUT2D eigenvalue weighted by atomic mass is 10.2. The number of amides is 1. The van der Waals surface area contributed by atoms with Gasteiger partial charge in [0.15, 0.2) is 0 Å². The third-order valence-corrected chi connectivity index (χ3v) is 1.24. The number of carboxylic acid groups (broad SMARTS) is 2. The molecule has 0 bridgehead atoms. The van der Waals surface area contributed by atoms with Gasteiger partial charge in [0.05, 0.1) is 13.0 Å².